The Hall–Kier alpha value is 0.394. The zero-order valence-corrected chi connectivity index (χ0v) is 29.1. The first-order valence-electron chi connectivity index (χ1n) is 12.3. The summed E-state index contributed by atoms with van der Waals surface area (Å²) in [6.45, 7) is 32.2. The van der Waals surface area contributed by atoms with E-state index in [2.05, 4.69) is 78.6 Å². The monoisotopic (exact) mass is 552 g/mol. The largest absolute Gasteiger partial charge is 0.518 e. The van der Waals surface area contributed by atoms with Crippen LogP contribution in [0.3, 0.4) is 0 Å². The Labute approximate surface area is 209 Å². The molecule has 1 fully saturated rings. The van der Waals surface area contributed by atoms with Crippen LogP contribution in [0.4, 0.5) is 0 Å². The van der Waals surface area contributed by atoms with Gasteiger partial charge in [-0.15, -0.1) is 0 Å². The molecule has 0 heterocycles. The molecule has 11 heteroatoms. The van der Waals surface area contributed by atoms with Gasteiger partial charge < -0.3 is 22.1 Å². The first kappa shape index (κ1) is 31.4. The summed E-state index contributed by atoms with van der Waals surface area (Å²) >= 11 is 0. The second kappa shape index (κ2) is 10.4. The van der Waals surface area contributed by atoms with E-state index in [1.165, 1.54) is 0 Å². The van der Waals surface area contributed by atoms with Crippen LogP contribution in [0.2, 0.25) is 98.2 Å². The third-order valence-electron chi connectivity index (χ3n) is 4.57. The van der Waals surface area contributed by atoms with Crippen LogP contribution in [0, 0.1) is 0 Å². The summed E-state index contributed by atoms with van der Waals surface area (Å²) in [6, 6.07) is 0. The van der Waals surface area contributed by atoms with Crippen LogP contribution in [0.25, 0.3) is 0 Å². The van der Waals surface area contributed by atoms with Gasteiger partial charge in [-0.25, -0.2) is 0 Å². The maximum absolute atomic E-state index is 13.8. The molecule has 1 saturated carbocycles. The predicted molar refractivity (Wildman–Crippen MR) is 150 cm³/mol. The van der Waals surface area contributed by atoms with Gasteiger partial charge in [-0.05, 0) is 98.2 Å². The topological polar surface area (TPSA) is 63.2 Å². The molecule has 1 rings (SSSR count). The summed E-state index contributed by atoms with van der Waals surface area (Å²) in [6.07, 6.45) is 0.137. The van der Waals surface area contributed by atoms with Crippen molar-refractivity contribution < 1.29 is 26.9 Å². The van der Waals surface area contributed by atoms with Gasteiger partial charge in [0, 0.05) is 12.8 Å². The Morgan fingerprint density at radius 3 is 1.21 bits per heavy atom. The summed E-state index contributed by atoms with van der Waals surface area (Å²) < 4.78 is 33.1. The molecule has 1 aliphatic carbocycles. The zero-order valence-electron chi connectivity index (χ0n) is 24.1. The third kappa shape index (κ3) is 11.8. The standard InChI is InChI=1S/C22H52O6Si5/c1-29(2,3)24-18-16-22(28-33(13,14)15,21(23)27-32(10,11)12)17-19(25-30(4,5)6)20(18)26-31(7,8)9/h18-20H,16-17H2,1-15H3/t18-,19-,20?,22?/m1/s1. The lowest BCUT2D eigenvalue weighted by molar-refractivity contribution is -0.175. The fraction of sp³-hybridized carbons (Fsp3) is 0.955. The fourth-order valence-electron chi connectivity index (χ4n) is 4.14. The van der Waals surface area contributed by atoms with Crippen molar-refractivity contribution in [1.82, 2.24) is 0 Å². The summed E-state index contributed by atoms with van der Waals surface area (Å²) in [5.74, 6) is -0.246. The van der Waals surface area contributed by atoms with Crippen LogP contribution in [0.5, 0.6) is 0 Å². The molecule has 0 aromatic heterocycles. The lowest BCUT2D eigenvalue weighted by Crippen LogP contribution is -2.65. The first-order valence-corrected chi connectivity index (χ1v) is 29.3. The van der Waals surface area contributed by atoms with E-state index in [9.17, 15) is 4.79 Å². The van der Waals surface area contributed by atoms with Crippen LogP contribution in [-0.2, 0) is 26.9 Å². The zero-order chi connectivity index (χ0) is 26.3. The van der Waals surface area contributed by atoms with E-state index >= 15 is 0 Å². The molecule has 1 aliphatic rings. The Morgan fingerprint density at radius 1 is 0.576 bits per heavy atom. The smallest absolute Gasteiger partial charge is 0.324 e. The van der Waals surface area contributed by atoms with Crippen molar-refractivity contribution in [3.8, 4) is 0 Å². The number of carbonyl (C=O) groups is 1. The highest BCUT2D eigenvalue weighted by atomic mass is 28.4. The molecule has 0 saturated heterocycles. The average molecular weight is 553 g/mol. The summed E-state index contributed by atoms with van der Waals surface area (Å²) in [4.78, 5) is 13.8. The molecule has 0 spiro atoms. The Morgan fingerprint density at radius 2 is 0.939 bits per heavy atom. The minimum atomic E-state index is -2.12. The maximum atomic E-state index is 13.8. The number of rotatable bonds is 10. The van der Waals surface area contributed by atoms with Crippen LogP contribution in [-0.4, -0.2) is 71.5 Å². The quantitative estimate of drug-likeness (QED) is 0.292. The molecular weight excluding hydrogens is 501 g/mol. The van der Waals surface area contributed by atoms with Crippen LogP contribution in [0.15, 0.2) is 0 Å². The number of hydrogen-bond donors (Lipinski definition) is 0. The van der Waals surface area contributed by atoms with Gasteiger partial charge in [0.05, 0.1) is 18.3 Å². The van der Waals surface area contributed by atoms with E-state index < -0.39 is 47.2 Å². The Balaban J connectivity index is 3.64. The summed E-state index contributed by atoms with van der Waals surface area (Å²) in [7, 11) is -10.0. The predicted octanol–water partition coefficient (Wildman–Crippen LogP) is 6.41. The molecular formula is C22H52O6Si5. The summed E-state index contributed by atoms with van der Waals surface area (Å²) in [5.41, 5.74) is -1.07. The van der Waals surface area contributed by atoms with E-state index in [-0.39, 0.29) is 24.3 Å². The van der Waals surface area contributed by atoms with Crippen LogP contribution < -0.4 is 0 Å². The number of carbonyl (C=O) groups excluding carboxylic acids is 1. The molecule has 196 valence electrons. The van der Waals surface area contributed by atoms with E-state index in [1.54, 1.807) is 0 Å². The van der Waals surface area contributed by atoms with Crippen LogP contribution >= 0.6 is 0 Å². The van der Waals surface area contributed by atoms with Gasteiger partial charge in [0.15, 0.2) is 38.9 Å². The highest BCUT2D eigenvalue weighted by Gasteiger charge is 2.57. The van der Waals surface area contributed by atoms with Crippen molar-refractivity contribution in [2.75, 3.05) is 0 Å². The van der Waals surface area contributed by atoms with Gasteiger partial charge in [-0.2, -0.15) is 0 Å². The van der Waals surface area contributed by atoms with E-state index in [0.29, 0.717) is 12.8 Å². The lowest BCUT2D eigenvalue weighted by atomic mass is 9.80. The van der Waals surface area contributed by atoms with Crippen molar-refractivity contribution in [1.29, 1.82) is 0 Å². The van der Waals surface area contributed by atoms with Crippen molar-refractivity contribution in [3.63, 3.8) is 0 Å². The lowest BCUT2D eigenvalue weighted by Gasteiger charge is -2.52. The fourth-order valence-corrected chi connectivity index (χ4v) is 9.68. The van der Waals surface area contributed by atoms with Gasteiger partial charge in [0.2, 0.25) is 8.32 Å². The van der Waals surface area contributed by atoms with Crippen molar-refractivity contribution >= 4 is 47.6 Å². The molecule has 33 heavy (non-hydrogen) atoms. The minimum absolute atomic E-state index is 0.215. The maximum Gasteiger partial charge on any atom is 0.324 e. The van der Waals surface area contributed by atoms with E-state index in [1.807, 2.05) is 19.6 Å². The first-order chi connectivity index (χ1) is 14.3. The van der Waals surface area contributed by atoms with Gasteiger partial charge in [-0.3, -0.25) is 4.79 Å². The van der Waals surface area contributed by atoms with Crippen LogP contribution in [0.1, 0.15) is 12.8 Å². The van der Waals surface area contributed by atoms with Gasteiger partial charge >= 0.3 is 5.97 Å². The highest BCUT2D eigenvalue weighted by molar-refractivity contribution is 6.72. The average Bonchev–Trinajstić information content (AvgIpc) is 2.43. The highest BCUT2D eigenvalue weighted by Crippen LogP contribution is 2.42. The Bertz CT molecular complexity index is 641. The molecule has 2 atom stereocenters. The second-order valence-electron chi connectivity index (χ2n) is 14.4. The SMILES string of the molecule is C[Si](C)(C)OC(=O)C1(O[Si](C)(C)C)C[C@@H](O[Si](C)(C)C)C(O[Si](C)(C)C)[C@H](O[Si](C)(C)C)C1. The molecule has 0 N–H and O–H groups in total. The second-order valence-corrected chi connectivity index (χ2v) is 36.6. The van der Waals surface area contributed by atoms with E-state index in [4.69, 9.17) is 22.1 Å². The molecule has 6 nitrogen and oxygen atoms in total. The molecule has 0 aliphatic heterocycles. The molecule has 0 aromatic rings. The Kier molecular flexibility index (Phi) is 9.91. The van der Waals surface area contributed by atoms with Gasteiger partial charge in [0.25, 0.3) is 0 Å². The molecule has 0 aromatic carbocycles. The third-order valence-corrected chi connectivity index (χ3v) is 9.37. The molecule has 0 amide bonds. The van der Waals surface area contributed by atoms with Crippen molar-refractivity contribution in [3.05, 3.63) is 0 Å². The van der Waals surface area contributed by atoms with Crippen molar-refractivity contribution in [2.45, 2.75) is 135 Å². The molecule has 0 unspecified atom stereocenters. The van der Waals surface area contributed by atoms with Gasteiger partial charge in [-0.1, -0.05) is 0 Å². The summed E-state index contributed by atoms with van der Waals surface area (Å²) in [5, 5.41) is 0. The van der Waals surface area contributed by atoms with Gasteiger partial charge in [0.1, 0.15) is 0 Å². The molecule has 0 radical (unpaired) electrons. The molecule has 0 bridgehead atoms. The normalized spacial score (nSPS) is 28.0. The van der Waals surface area contributed by atoms with Crippen molar-refractivity contribution in [2.24, 2.45) is 0 Å². The minimum Gasteiger partial charge on any atom is -0.518 e. The van der Waals surface area contributed by atoms with E-state index in [0.717, 1.165) is 0 Å². The number of hydrogen-bond acceptors (Lipinski definition) is 6.